The van der Waals surface area contributed by atoms with Crippen molar-refractivity contribution in [2.75, 3.05) is 18.6 Å². The fourth-order valence-corrected chi connectivity index (χ4v) is 1.53. The molecule has 0 amide bonds. The number of aliphatic hydroxyl groups is 1. The SMILES string of the molecule is COC(=O)c1cccc(N2C=C(O)CC2)n1. The van der Waals surface area contributed by atoms with Gasteiger partial charge in [-0.1, -0.05) is 6.07 Å². The van der Waals surface area contributed by atoms with Crippen LogP contribution < -0.4 is 4.90 Å². The number of methoxy groups -OCH3 is 1. The zero-order chi connectivity index (χ0) is 11.5. The molecule has 1 N–H and O–H groups in total. The summed E-state index contributed by atoms with van der Waals surface area (Å²) in [5, 5.41) is 9.29. The van der Waals surface area contributed by atoms with Crippen LogP contribution in [-0.4, -0.2) is 29.7 Å². The predicted octanol–water partition coefficient (Wildman–Crippen LogP) is 1.48. The third kappa shape index (κ3) is 1.98. The Morgan fingerprint density at radius 1 is 1.56 bits per heavy atom. The lowest BCUT2D eigenvalue weighted by Gasteiger charge is -2.13. The third-order valence-corrected chi connectivity index (χ3v) is 2.34. The van der Waals surface area contributed by atoms with Gasteiger partial charge in [0.05, 0.1) is 7.11 Å². The van der Waals surface area contributed by atoms with Gasteiger partial charge in [0.15, 0.2) is 5.69 Å². The van der Waals surface area contributed by atoms with Crippen LogP contribution in [0.1, 0.15) is 16.9 Å². The van der Waals surface area contributed by atoms with Crippen molar-refractivity contribution in [3.8, 4) is 0 Å². The molecule has 1 aromatic heterocycles. The molecule has 5 heteroatoms. The number of hydrogen-bond donors (Lipinski definition) is 1. The Labute approximate surface area is 93.0 Å². The number of ether oxygens (including phenoxy) is 1. The number of rotatable bonds is 2. The van der Waals surface area contributed by atoms with E-state index in [9.17, 15) is 9.90 Å². The van der Waals surface area contributed by atoms with E-state index in [0.29, 0.717) is 24.5 Å². The largest absolute Gasteiger partial charge is 0.511 e. The van der Waals surface area contributed by atoms with E-state index in [1.807, 2.05) is 0 Å². The van der Waals surface area contributed by atoms with Crippen LogP contribution in [0.5, 0.6) is 0 Å². The Hall–Kier alpha value is -2.04. The Morgan fingerprint density at radius 3 is 3.00 bits per heavy atom. The molecule has 5 nitrogen and oxygen atoms in total. The standard InChI is InChI=1S/C11H12N2O3/c1-16-11(15)9-3-2-4-10(12-9)13-6-5-8(14)7-13/h2-4,7,14H,5-6H2,1H3. The second-order valence-corrected chi connectivity index (χ2v) is 3.44. The molecule has 16 heavy (non-hydrogen) atoms. The first-order chi connectivity index (χ1) is 7.70. The lowest BCUT2D eigenvalue weighted by Crippen LogP contribution is -2.15. The summed E-state index contributed by atoms with van der Waals surface area (Å²) in [4.78, 5) is 17.2. The highest BCUT2D eigenvalue weighted by Crippen LogP contribution is 2.19. The van der Waals surface area contributed by atoms with Crippen molar-refractivity contribution in [1.82, 2.24) is 4.98 Å². The predicted molar refractivity (Wildman–Crippen MR) is 58.3 cm³/mol. The molecule has 1 aliphatic rings. The van der Waals surface area contributed by atoms with Crippen molar-refractivity contribution < 1.29 is 14.6 Å². The minimum absolute atomic E-state index is 0.264. The van der Waals surface area contributed by atoms with Gasteiger partial charge in [-0.15, -0.1) is 0 Å². The average Bonchev–Trinajstić information content (AvgIpc) is 2.75. The molecule has 84 valence electrons. The number of esters is 1. The lowest BCUT2D eigenvalue weighted by atomic mass is 10.3. The molecule has 0 radical (unpaired) electrons. The van der Waals surface area contributed by atoms with Crippen LogP contribution in [0.25, 0.3) is 0 Å². The second-order valence-electron chi connectivity index (χ2n) is 3.44. The molecule has 0 saturated heterocycles. The van der Waals surface area contributed by atoms with E-state index in [-0.39, 0.29) is 5.69 Å². The number of pyridine rings is 1. The van der Waals surface area contributed by atoms with Crippen molar-refractivity contribution in [3.63, 3.8) is 0 Å². The van der Waals surface area contributed by atoms with Crippen LogP contribution in [-0.2, 0) is 4.74 Å². The Bertz CT molecular complexity index is 443. The second kappa shape index (κ2) is 4.22. The molecule has 2 rings (SSSR count). The molecule has 0 aliphatic carbocycles. The van der Waals surface area contributed by atoms with E-state index >= 15 is 0 Å². The normalized spacial score (nSPS) is 14.8. The van der Waals surface area contributed by atoms with Crippen LogP contribution >= 0.6 is 0 Å². The summed E-state index contributed by atoms with van der Waals surface area (Å²) in [7, 11) is 1.32. The maximum atomic E-state index is 11.3. The summed E-state index contributed by atoms with van der Waals surface area (Å²) in [5.41, 5.74) is 0.264. The van der Waals surface area contributed by atoms with Crippen LogP contribution in [0.2, 0.25) is 0 Å². The van der Waals surface area contributed by atoms with Gasteiger partial charge in [0, 0.05) is 19.2 Å². The van der Waals surface area contributed by atoms with Crippen molar-refractivity contribution in [3.05, 3.63) is 35.9 Å². The number of aromatic nitrogens is 1. The first kappa shape index (κ1) is 10.5. The van der Waals surface area contributed by atoms with Crippen molar-refractivity contribution in [1.29, 1.82) is 0 Å². The van der Waals surface area contributed by atoms with Gasteiger partial charge in [0.2, 0.25) is 0 Å². The molecular weight excluding hydrogens is 208 g/mol. The van der Waals surface area contributed by atoms with E-state index in [0.717, 1.165) is 0 Å². The van der Waals surface area contributed by atoms with Crippen LogP contribution in [0.3, 0.4) is 0 Å². The van der Waals surface area contributed by atoms with Gasteiger partial charge in [-0.3, -0.25) is 0 Å². The van der Waals surface area contributed by atoms with Gasteiger partial charge >= 0.3 is 5.97 Å². The van der Waals surface area contributed by atoms with E-state index in [4.69, 9.17) is 0 Å². The molecule has 0 atom stereocenters. The van der Waals surface area contributed by atoms with Crippen LogP contribution in [0.15, 0.2) is 30.2 Å². The summed E-state index contributed by atoms with van der Waals surface area (Å²) < 4.78 is 4.59. The average molecular weight is 220 g/mol. The van der Waals surface area contributed by atoms with Crippen LogP contribution in [0.4, 0.5) is 5.82 Å². The minimum Gasteiger partial charge on any atom is -0.511 e. The Kier molecular flexibility index (Phi) is 2.76. The summed E-state index contributed by atoms with van der Waals surface area (Å²) in [5.74, 6) is 0.492. The third-order valence-electron chi connectivity index (χ3n) is 2.34. The van der Waals surface area contributed by atoms with Gasteiger partial charge in [0.25, 0.3) is 0 Å². The van der Waals surface area contributed by atoms with E-state index in [2.05, 4.69) is 9.72 Å². The van der Waals surface area contributed by atoms with Crippen molar-refractivity contribution in [2.45, 2.75) is 6.42 Å². The zero-order valence-corrected chi connectivity index (χ0v) is 8.88. The minimum atomic E-state index is -0.464. The maximum Gasteiger partial charge on any atom is 0.356 e. The lowest BCUT2D eigenvalue weighted by molar-refractivity contribution is 0.0594. The van der Waals surface area contributed by atoms with E-state index in [1.165, 1.54) is 7.11 Å². The molecular formula is C11H12N2O3. The molecule has 0 fully saturated rings. The number of carbonyl (C=O) groups is 1. The van der Waals surface area contributed by atoms with Gasteiger partial charge in [-0.25, -0.2) is 9.78 Å². The number of carbonyl (C=O) groups excluding carboxylic acids is 1. The smallest absolute Gasteiger partial charge is 0.356 e. The molecule has 2 heterocycles. The summed E-state index contributed by atoms with van der Waals surface area (Å²) >= 11 is 0. The Balaban J connectivity index is 2.26. The van der Waals surface area contributed by atoms with Gasteiger partial charge in [0.1, 0.15) is 11.6 Å². The molecule has 0 bridgehead atoms. The van der Waals surface area contributed by atoms with Crippen molar-refractivity contribution >= 4 is 11.8 Å². The highest BCUT2D eigenvalue weighted by molar-refractivity contribution is 5.87. The molecule has 0 unspecified atom stereocenters. The maximum absolute atomic E-state index is 11.3. The fraction of sp³-hybridized carbons (Fsp3) is 0.273. The van der Waals surface area contributed by atoms with Gasteiger partial charge in [-0.05, 0) is 12.1 Å². The fourth-order valence-electron chi connectivity index (χ4n) is 1.53. The Morgan fingerprint density at radius 2 is 2.38 bits per heavy atom. The summed E-state index contributed by atoms with van der Waals surface area (Å²) in [6.07, 6.45) is 2.22. The molecule has 0 aromatic carbocycles. The molecule has 0 spiro atoms. The highest BCUT2D eigenvalue weighted by Gasteiger charge is 2.15. The first-order valence-corrected chi connectivity index (χ1v) is 4.92. The van der Waals surface area contributed by atoms with Gasteiger partial charge < -0.3 is 14.7 Å². The molecule has 1 aliphatic heterocycles. The zero-order valence-electron chi connectivity index (χ0n) is 8.88. The van der Waals surface area contributed by atoms with Gasteiger partial charge in [-0.2, -0.15) is 0 Å². The number of nitrogens with zero attached hydrogens (tertiary/aromatic N) is 2. The van der Waals surface area contributed by atoms with Crippen molar-refractivity contribution in [2.24, 2.45) is 0 Å². The van der Waals surface area contributed by atoms with E-state index in [1.54, 1.807) is 29.3 Å². The topological polar surface area (TPSA) is 62.7 Å². The quantitative estimate of drug-likeness (QED) is 0.765. The number of hydrogen-bond acceptors (Lipinski definition) is 5. The highest BCUT2D eigenvalue weighted by atomic mass is 16.5. The molecule has 0 saturated carbocycles. The molecule has 1 aromatic rings. The number of anilines is 1. The first-order valence-electron chi connectivity index (χ1n) is 4.92. The van der Waals surface area contributed by atoms with Crippen LogP contribution in [0, 0.1) is 0 Å². The van der Waals surface area contributed by atoms with E-state index < -0.39 is 5.97 Å². The summed E-state index contributed by atoms with van der Waals surface area (Å²) in [6, 6.07) is 5.11. The monoisotopic (exact) mass is 220 g/mol. The summed E-state index contributed by atoms with van der Waals surface area (Å²) in [6.45, 7) is 0.670. The number of aliphatic hydroxyl groups excluding tert-OH is 1.